The van der Waals surface area contributed by atoms with Crippen LogP contribution >= 0.6 is 0 Å². The number of hydrogen-bond donors (Lipinski definition) is 1. The molecule has 0 heterocycles. The lowest BCUT2D eigenvalue weighted by atomic mass is 9.77. The molecule has 0 fully saturated rings. The molecule has 1 heteroatoms. The van der Waals surface area contributed by atoms with Crippen LogP contribution in [0.2, 0.25) is 0 Å². The monoisotopic (exact) mass is 225 g/mol. The van der Waals surface area contributed by atoms with Gasteiger partial charge in [0.25, 0.3) is 0 Å². The molecule has 0 spiro atoms. The Labute approximate surface area is 103 Å². The molecule has 0 aromatic heterocycles. The highest BCUT2D eigenvalue weighted by molar-refractivity contribution is 4.86. The van der Waals surface area contributed by atoms with Crippen molar-refractivity contribution in [1.82, 2.24) is 5.32 Å². The summed E-state index contributed by atoms with van der Waals surface area (Å²) < 4.78 is 0. The van der Waals surface area contributed by atoms with Gasteiger partial charge in [-0.15, -0.1) is 6.58 Å². The molecule has 1 N–H and O–H groups in total. The minimum atomic E-state index is 0.553. The molecule has 1 nitrogen and oxygen atoms in total. The third-order valence-corrected chi connectivity index (χ3v) is 3.61. The van der Waals surface area contributed by atoms with Gasteiger partial charge in [0.05, 0.1) is 0 Å². The van der Waals surface area contributed by atoms with Gasteiger partial charge in [-0.25, -0.2) is 0 Å². The van der Waals surface area contributed by atoms with E-state index in [1.807, 2.05) is 6.08 Å². The number of nitrogens with one attached hydrogen (secondary N) is 1. The first kappa shape index (κ1) is 15.7. The molecule has 0 aliphatic carbocycles. The first-order chi connectivity index (χ1) is 7.43. The van der Waals surface area contributed by atoms with Crippen LogP contribution in [0.3, 0.4) is 0 Å². The largest absolute Gasteiger partial charge is 0.311 e. The van der Waals surface area contributed by atoms with Gasteiger partial charge in [-0.3, -0.25) is 0 Å². The molecule has 0 bridgehead atoms. The fraction of sp³-hybridized carbons (Fsp3) is 0.867. The van der Waals surface area contributed by atoms with Crippen molar-refractivity contribution in [3.8, 4) is 0 Å². The summed E-state index contributed by atoms with van der Waals surface area (Å²) in [4.78, 5) is 0. The highest BCUT2D eigenvalue weighted by atomic mass is 14.9. The van der Waals surface area contributed by atoms with E-state index < -0.39 is 0 Å². The molecule has 0 aliphatic heterocycles. The average molecular weight is 225 g/mol. The molecule has 0 aliphatic rings. The highest BCUT2D eigenvalue weighted by Crippen LogP contribution is 2.28. The zero-order valence-electron chi connectivity index (χ0n) is 12.1. The minimum Gasteiger partial charge on any atom is -0.311 e. The maximum Gasteiger partial charge on any atom is 0.0132 e. The van der Waals surface area contributed by atoms with E-state index in [4.69, 9.17) is 0 Å². The second kappa shape index (κ2) is 7.89. The SMILES string of the molecule is C=CCC(NC(C)C)C(C)C(CC)C(C)C. The van der Waals surface area contributed by atoms with E-state index in [1.54, 1.807) is 0 Å². The Morgan fingerprint density at radius 1 is 1.12 bits per heavy atom. The third kappa shape index (κ3) is 5.16. The Bertz CT molecular complexity index is 184. The summed E-state index contributed by atoms with van der Waals surface area (Å²) in [6.45, 7) is 17.7. The summed E-state index contributed by atoms with van der Waals surface area (Å²) in [5.41, 5.74) is 0. The summed E-state index contributed by atoms with van der Waals surface area (Å²) >= 11 is 0. The van der Waals surface area contributed by atoms with Crippen molar-refractivity contribution in [2.24, 2.45) is 17.8 Å². The number of hydrogen-bond acceptors (Lipinski definition) is 1. The average Bonchev–Trinajstić information content (AvgIpc) is 2.16. The quantitative estimate of drug-likeness (QED) is 0.609. The zero-order chi connectivity index (χ0) is 12.7. The van der Waals surface area contributed by atoms with E-state index in [-0.39, 0.29) is 0 Å². The lowest BCUT2D eigenvalue weighted by Gasteiger charge is -2.34. The fourth-order valence-corrected chi connectivity index (χ4v) is 2.79. The second-order valence-corrected chi connectivity index (χ2v) is 5.63. The molecule has 96 valence electrons. The Morgan fingerprint density at radius 3 is 2.00 bits per heavy atom. The van der Waals surface area contributed by atoms with Crippen LogP contribution in [-0.4, -0.2) is 12.1 Å². The van der Waals surface area contributed by atoms with Gasteiger partial charge in [-0.1, -0.05) is 54.0 Å². The van der Waals surface area contributed by atoms with Crippen molar-refractivity contribution in [3.05, 3.63) is 12.7 Å². The molecular weight excluding hydrogens is 194 g/mol. The Hall–Kier alpha value is -0.300. The Morgan fingerprint density at radius 2 is 1.69 bits per heavy atom. The predicted molar refractivity (Wildman–Crippen MR) is 74.7 cm³/mol. The van der Waals surface area contributed by atoms with Gasteiger partial charge in [-0.05, 0) is 24.2 Å². The van der Waals surface area contributed by atoms with Crippen molar-refractivity contribution in [2.75, 3.05) is 0 Å². The first-order valence-corrected chi connectivity index (χ1v) is 6.80. The van der Waals surface area contributed by atoms with Crippen LogP contribution in [0.1, 0.15) is 54.4 Å². The van der Waals surface area contributed by atoms with E-state index in [0.29, 0.717) is 18.0 Å². The van der Waals surface area contributed by atoms with Gasteiger partial charge in [-0.2, -0.15) is 0 Å². The van der Waals surface area contributed by atoms with E-state index in [9.17, 15) is 0 Å². The van der Waals surface area contributed by atoms with Crippen LogP contribution in [0, 0.1) is 17.8 Å². The summed E-state index contributed by atoms with van der Waals surface area (Å²) in [5.74, 6) is 2.28. The van der Waals surface area contributed by atoms with Crippen LogP contribution in [0.4, 0.5) is 0 Å². The van der Waals surface area contributed by atoms with Gasteiger partial charge in [0, 0.05) is 12.1 Å². The Kier molecular flexibility index (Phi) is 7.74. The van der Waals surface area contributed by atoms with Crippen molar-refractivity contribution in [2.45, 2.75) is 66.5 Å². The standard InChI is InChI=1S/C15H31N/c1-8-10-15(16-12(5)6)13(7)14(9-2)11(3)4/h8,11-16H,1,9-10H2,2-7H3. The van der Waals surface area contributed by atoms with Crippen LogP contribution in [-0.2, 0) is 0 Å². The molecule has 0 saturated carbocycles. The van der Waals surface area contributed by atoms with Gasteiger partial charge >= 0.3 is 0 Å². The van der Waals surface area contributed by atoms with Gasteiger partial charge < -0.3 is 5.32 Å². The molecule has 0 rings (SSSR count). The minimum absolute atomic E-state index is 0.553. The lowest BCUT2D eigenvalue weighted by Crippen LogP contribution is -2.42. The first-order valence-electron chi connectivity index (χ1n) is 6.80. The van der Waals surface area contributed by atoms with Gasteiger partial charge in [0.15, 0.2) is 0 Å². The highest BCUT2D eigenvalue weighted by Gasteiger charge is 2.26. The zero-order valence-corrected chi connectivity index (χ0v) is 12.1. The topological polar surface area (TPSA) is 12.0 Å². The van der Waals surface area contributed by atoms with Crippen LogP contribution in [0.15, 0.2) is 12.7 Å². The molecule has 0 amide bonds. The van der Waals surface area contributed by atoms with Crippen molar-refractivity contribution in [1.29, 1.82) is 0 Å². The molecule has 0 radical (unpaired) electrons. The van der Waals surface area contributed by atoms with Crippen molar-refractivity contribution >= 4 is 0 Å². The number of rotatable bonds is 8. The molecule has 3 atom stereocenters. The van der Waals surface area contributed by atoms with E-state index in [0.717, 1.165) is 18.3 Å². The normalized spacial score (nSPS) is 17.5. The van der Waals surface area contributed by atoms with E-state index in [1.165, 1.54) is 6.42 Å². The maximum absolute atomic E-state index is 3.88. The smallest absolute Gasteiger partial charge is 0.0132 e. The summed E-state index contributed by atoms with van der Waals surface area (Å²) in [7, 11) is 0. The van der Waals surface area contributed by atoms with Crippen molar-refractivity contribution < 1.29 is 0 Å². The Balaban J connectivity index is 4.55. The van der Waals surface area contributed by atoms with Crippen LogP contribution < -0.4 is 5.32 Å². The van der Waals surface area contributed by atoms with E-state index in [2.05, 4.69) is 53.4 Å². The molecular formula is C15H31N. The van der Waals surface area contributed by atoms with Crippen LogP contribution in [0.25, 0.3) is 0 Å². The molecule has 0 aromatic rings. The lowest BCUT2D eigenvalue weighted by molar-refractivity contribution is 0.200. The summed E-state index contributed by atoms with van der Waals surface area (Å²) in [5, 5.41) is 3.68. The predicted octanol–water partition coefficient (Wildman–Crippen LogP) is 4.25. The fourth-order valence-electron chi connectivity index (χ4n) is 2.79. The molecule has 3 unspecified atom stereocenters. The summed E-state index contributed by atoms with van der Waals surface area (Å²) in [6, 6.07) is 1.13. The van der Waals surface area contributed by atoms with Crippen LogP contribution in [0.5, 0.6) is 0 Å². The molecule has 16 heavy (non-hydrogen) atoms. The van der Waals surface area contributed by atoms with Gasteiger partial charge in [0.1, 0.15) is 0 Å². The van der Waals surface area contributed by atoms with Crippen molar-refractivity contribution in [3.63, 3.8) is 0 Å². The molecule has 0 saturated heterocycles. The maximum atomic E-state index is 3.88. The second-order valence-electron chi connectivity index (χ2n) is 5.63. The van der Waals surface area contributed by atoms with E-state index >= 15 is 0 Å². The molecule has 0 aromatic carbocycles. The van der Waals surface area contributed by atoms with Gasteiger partial charge in [0.2, 0.25) is 0 Å². The summed E-state index contributed by atoms with van der Waals surface area (Å²) in [6.07, 6.45) is 4.39. The third-order valence-electron chi connectivity index (χ3n) is 3.61.